The normalized spacial score (nSPS) is 41.1. The number of aliphatic hydroxyl groups is 2. The van der Waals surface area contributed by atoms with Gasteiger partial charge >= 0.3 is 0 Å². The van der Waals surface area contributed by atoms with Crippen molar-refractivity contribution in [3.63, 3.8) is 0 Å². The molecule has 0 unspecified atom stereocenters. The molecule has 8 heteroatoms. The summed E-state index contributed by atoms with van der Waals surface area (Å²) in [5.74, 6) is 0. The van der Waals surface area contributed by atoms with Crippen molar-refractivity contribution in [3.8, 4) is 0 Å². The van der Waals surface area contributed by atoms with Gasteiger partial charge < -0.3 is 39.0 Å². The molecule has 0 aromatic rings. The first-order valence-corrected chi connectivity index (χ1v) is 9.17. The molecule has 2 fully saturated rings. The van der Waals surface area contributed by atoms with Crippen molar-refractivity contribution in [3.05, 3.63) is 0 Å². The minimum absolute atomic E-state index is 0.0402. The number of aliphatic hydroxyl groups excluding tert-OH is 2. The zero-order valence-corrected chi connectivity index (χ0v) is 17.5. The maximum atomic E-state index is 9.41. The van der Waals surface area contributed by atoms with Gasteiger partial charge in [0.15, 0.2) is 12.6 Å². The van der Waals surface area contributed by atoms with E-state index in [1.807, 2.05) is 42.0 Å². The average Bonchev–Trinajstić information content (AvgIpc) is 2.54. The van der Waals surface area contributed by atoms with Crippen LogP contribution in [0.4, 0.5) is 0 Å². The van der Waals surface area contributed by atoms with E-state index in [1.54, 1.807) is 14.2 Å². The number of hydrogen-bond donors (Lipinski definition) is 2. The van der Waals surface area contributed by atoms with Gasteiger partial charge in [-0.2, -0.15) is 0 Å². The molecule has 8 nitrogen and oxygen atoms in total. The molecule has 2 saturated heterocycles. The first-order valence-electron chi connectivity index (χ1n) is 9.17. The lowest BCUT2D eigenvalue weighted by Crippen LogP contribution is -2.53. The molecular weight excluding hydrogens is 340 g/mol. The van der Waals surface area contributed by atoms with Crippen molar-refractivity contribution in [2.45, 2.75) is 75.8 Å². The van der Waals surface area contributed by atoms with Gasteiger partial charge in [-0.15, -0.1) is 0 Å². The molecule has 0 saturated carbocycles. The van der Waals surface area contributed by atoms with Crippen molar-refractivity contribution < 1.29 is 29.2 Å². The molecule has 0 aromatic carbocycles. The second kappa shape index (κ2) is 10.9. The lowest BCUT2D eigenvalue weighted by Gasteiger charge is -2.41. The van der Waals surface area contributed by atoms with Crippen LogP contribution in [0.3, 0.4) is 0 Å². The predicted molar refractivity (Wildman–Crippen MR) is 98.9 cm³/mol. The van der Waals surface area contributed by atoms with Gasteiger partial charge in [-0.25, -0.2) is 0 Å². The molecule has 2 aliphatic rings. The first-order chi connectivity index (χ1) is 12.1. The summed E-state index contributed by atoms with van der Waals surface area (Å²) in [5.41, 5.74) is 0. The number of ether oxygens (including phenoxy) is 4. The third-order valence-corrected chi connectivity index (χ3v) is 5.18. The van der Waals surface area contributed by atoms with E-state index in [-0.39, 0.29) is 36.5 Å². The first kappa shape index (κ1) is 23.7. The number of likely N-dealkylation sites (N-methyl/N-ethyl adjacent to an activating group) is 2. The van der Waals surface area contributed by atoms with Crippen molar-refractivity contribution in [2.24, 2.45) is 0 Å². The summed E-state index contributed by atoms with van der Waals surface area (Å²) >= 11 is 0. The summed E-state index contributed by atoms with van der Waals surface area (Å²) in [6.07, 6.45) is -0.132. The summed E-state index contributed by atoms with van der Waals surface area (Å²) in [6.45, 7) is 3.85. The summed E-state index contributed by atoms with van der Waals surface area (Å²) in [5, 5.41) is 18.8. The van der Waals surface area contributed by atoms with Gasteiger partial charge in [-0.05, 0) is 42.0 Å². The van der Waals surface area contributed by atoms with Gasteiger partial charge in [0.2, 0.25) is 0 Å². The summed E-state index contributed by atoms with van der Waals surface area (Å²) in [6, 6.07) is 0.451. The van der Waals surface area contributed by atoms with Gasteiger partial charge in [0.25, 0.3) is 0 Å². The summed E-state index contributed by atoms with van der Waals surface area (Å²) in [7, 11) is 11.3. The fourth-order valence-electron chi connectivity index (χ4n) is 3.78. The maximum absolute atomic E-state index is 9.41. The van der Waals surface area contributed by atoms with Crippen LogP contribution in [-0.4, -0.2) is 112 Å². The summed E-state index contributed by atoms with van der Waals surface area (Å²) < 4.78 is 21.2. The van der Waals surface area contributed by atoms with Gasteiger partial charge in [-0.3, -0.25) is 0 Å². The van der Waals surface area contributed by atoms with Crippen LogP contribution in [-0.2, 0) is 18.9 Å². The van der Waals surface area contributed by atoms with E-state index in [2.05, 4.69) is 9.80 Å². The van der Waals surface area contributed by atoms with E-state index < -0.39 is 12.6 Å². The molecule has 0 aliphatic carbocycles. The van der Waals surface area contributed by atoms with Gasteiger partial charge in [0, 0.05) is 39.1 Å². The highest BCUT2D eigenvalue weighted by Gasteiger charge is 2.37. The van der Waals surface area contributed by atoms with E-state index in [0.29, 0.717) is 12.8 Å². The van der Waals surface area contributed by atoms with Crippen molar-refractivity contribution in [2.75, 3.05) is 42.4 Å². The average molecular weight is 379 g/mol. The Morgan fingerprint density at radius 3 is 1.27 bits per heavy atom. The largest absolute Gasteiger partial charge is 0.377 e. The monoisotopic (exact) mass is 378 g/mol. The molecule has 2 aliphatic heterocycles. The highest BCUT2D eigenvalue weighted by molar-refractivity contribution is 4.87. The predicted octanol–water partition coefficient (Wildman–Crippen LogP) is 0.118. The number of nitrogens with zero attached hydrogens (tertiary/aromatic N) is 2. The Labute approximate surface area is 157 Å². The van der Waals surface area contributed by atoms with Crippen LogP contribution in [0.2, 0.25) is 0 Å². The van der Waals surface area contributed by atoms with Crippen LogP contribution in [0, 0.1) is 0 Å². The van der Waals surface area contributed by atoms with Crippen molar-refractivity contribution in [1.29, 1.82) is 0 Å². The Hall–Kier alpha value is -0.320. The van der Waals surface area contributed by atoms with Crippen molar-refractivity contribution in [1.82, 2.24) is 9.80 Å². The molecule has 2 heterocycles. The van der Waals surface area contributed by atoms with E-state index in [0.717, 1.165) is 0 Å². The van der Waals surface area contributed by atoms with Crippen LogP contribution in [0.25, 0.3) is 0 Å². The molecule has 2 N–H and O–H groups in total. The van der Waals surface area contributed by atoms with E-state index in [4.69, 9.17) is 18.9 Å². The highest BCUT2D eigenvalue weighted by Crippen LogP contribution is 2.24. The van der Waals surface area contributed by atoms with E-state index in [1.165, 1.54) is 0 Å². The molecule has 156 valence electrons. The minimum atomic E-state index is -0.659. The standard InChI is InChI=1S/2C9H19NO3/c2*1-6-9(12-4)7(10(2)3)5-8(11)13-6/h2*6-9,11H,5H2,1-4H3/t6-,7+,8+,9-;6-,7+,8-,9-/m00/s1. The zero-order chi connectivity index (χ0) is 20.0. The molecule has 0 bridgehead atoms. The SMILES string of the molecule is CO[C@H]1[C@H](C)O[C@@H](O)C[C@H]1N(C)C.CO[C@H]1[C@H](C)O[C@H](O)C[C@H]1N(C)C. The second-order valence-corrected chi connectivity index (χ2v) is 7.53. The van der Waals surface area contributed by atoms with Crippen LogP contribution in [0.15, 0.2) is 0 Å². The molecule has 0 aromatic heterocycles. The third-order valence-electron chi connectivity index (χ3n) is 5.18. The van der Waals surface area contributed by atoms with Gasteiger partial charge in [-0.1, -0.05) is 0 Å². The summed E-state index contributed by atoms with van der Waals surface area (Å²) in [4.78, 5) is 4.13. The lowest BCUT2D eigenvalue weighted by molar-refractivity contribution is -0.218. The Morgan fingerprint density at radius 2 is 1.04 bits per heavy atom. The molecular formula is C18H38N2O6. The molecule has 0 spiro atoms. The minimum Gasteiger partial charge on any atom is -0.377 e. The third kappa shape index (κ3) is 6.38. The maximum Gasteiger partial charge on any atom is 0.156 e. The Kier molecular flexibility index (Phi) is 9.92. The van der Waals surface area contributed by atoms with Crippen LogP contribution in [0.1, 0.15) is 26.7 Å². The van der Waals surface area contributed by atoms with Crippen LogP contribution < -0.4 is 0 Å². The lowest BCUT2D eigenvalue weighted by atomic mass is 9.98. The van der Waals surface area contributed by atoms with Gasteiger partial charge in [0.05, 0.1) is 24.4 Å². The zero-order valence-electron chi connectivity index (χ0n) is 17.5. The number of rotatable bonds is 4. The topological polar surface area (TPSA) is 83.9 Å². The number of hydrogen-bond acceptors (Lipinski definition) is 8. The Balaban J connectivity index is 0.000000260. The fraction of sp³-hybridized carbons (Fsp3) is 1.00. The smallest absolute Gasteiger partial charge is 0.156 e. The number of methoxy groups -OCH3 is 2. The Bertz CT molecular complexity index is 362. The Morgan fingerprint density at radius 1 is 0.731 bits per heavy atom. The van der Waals surface area contributed by atoms with Crippen LogP contribution >= 0.6 is 0 Å². The molecule has 2 rings (SSSR count). The van der Waals surface area contributed by atoms with Gasteiger partial charge in [0.1, 0.15) is 0 Å². The van der Waals surface area contributed by atoms with Crippen molar-refractivity contribution >= 4 is 0 Å². The highest BCUT2D eigenvalue weighted by atomic mass is 16.6. The quantitative estimate of drug-likeness (QED) is 0.714. The molecule has 0 amide bonds. The van der Waals surface area contributed by atoms with E-state index >= 15 is 0 Å². The molecule has 26 heavy (non-hydrogen) atoms. The molecule has 0 radical (unpaired) electrons. The van der Waals surface area contributed by atoms with E-state index in [9.17, 15) is 10.2 Å². The molecule has 8 atom stereocenters. The second-order valence-electron chi connectivity index (χ2n) is 7.53. The van der Waals surface area contributed by atoms with Crippen LogP contribution in [0.5, 0.6) is 0 Å². The fourth-order valence-corrected chi connectivity index (χ4v) is 3.78.